The fraction of sp³-hybridized carbons (Fsp3) is 0.281. The van der Waals surface area contributed by atoms with Crippen LogP contribution < -0.4 is 4.74 Å². The van der Waals surface area contributed by atoms with Crippen molar-refractivity contribution in [3.8, 4) is 22.6 Å². The van der Waals surface area contributed by atoms with Crippen LogP contribution in [-0.2, 0) is 6.42 Å². The van der Waals surface area contributed by atoms with E-state index in [1.54, 1.807) is 12.1 Å². The van der Waals surface area contributed by atoms with Gasteiger partial charge in [0.15, 0.2) is 5.78 Å². The molecule has 5 nitrogen and oxygen atoms in total. The lowest BCUT2D eigenvalue weighted by atomic mass is 9.96. The largest absolute Gasteiger partial charge is 0.508 e. The van der Waals surface area contributed by atoms with Crippen molar-refractivity contribution in [2.75, 3.05) is 26.2 Å². The second-order valence-corrected chi connectivity index (χ2v) is 9.94. The molecule has 0 atom stereocenters. The van der Waals surface area contributed by atoms with Crippen LogP contribution in [0.25, 0.3) is 27.7 Å². The molecule has 1 fully saturated rings. The Morgan fingerprint density at radius 3 is 2.43 bits per heavy atom. The maximum absolute atomic E-state index is 13.9. The first-order chi connectivity index (χ1) is 18.1. The molecule has 0 saturated carbocycles. The fourth-order valence-electron chi connectivity index (χ4n) is 5.78. The highest BCUT2D eigenvalue weighted by molar-refractivity contribution is 6.18. The Kier molecular flexibility index (Phi) is 6.31. The Morgan fingerprint density at radius 2 is 1.70 bits per heavy atom. The van der Waals surface area contributed by atoms with E-state index in [0.29, 0.717) is 17.7 Å². The third-order valence-electron chi connectivity index (χ3n) is 7.63. The van der Waals surface area contributed by atoms with Gasteiger partial charge in [-0.15, -0.1) is 0 Å². The number of aromatic hydroxyl groups is 1. The number of benzene rings is 2. The highest BCUT2D eigenvalue weighted by Crippen LogP contribution is 2.40. The number of carbonyl (C=O) groups excluding carboxylic acids is 1. The molecular formula is C32H32N2O3. The molecule has 0 aliphatic carbocycles. The second-order valence-electron chi connectivity index (χ2n) is 9.94. The van der Waals surface area contributed by atoms with Crippen molar-refractivity contribution < 1.29 is 14.6 Å². The van der Waals surface area contributed by atoms with E-state index in [0.717, 1.165) is 59.5 Å². The molecule has 5 aromatic rings. The van der Waals surface area contributed by atoms with E-state index in [1.807, 2.05) is 48.5 Å². The van der Waals surface area contributed by atoms with E-state index < -0.39 is 0 Å². The van der Waals surface area contributed by atoms with Crippen molar-refractivity contribution in [1.29, 1.82) is 0 Å². The summed E-state index contributed by atoms with van der Waals surface area (Å²) in [6, 6.07) is 23.0. The van der Waals surface area contributed by atoms with Crippen LogP contribution in [0.2, 0.25) is 0 Å². The fourth-order valence-corrected chi connectivity index (χ4v) is 5.78. The van der Waals surface area contributed by atoms with E-state index in [9.17, 15) is 9.90 Å². The number of ether oxygens (including phenoxy) is 1. The van der Waals surface area contributed by atoms with Gasteiger partial charge in [0.25, 0.3) is 0 Å². The predicted octanol–water partition coefficient (Wildman–Crippen LogP) is 6.56. The first-order valence-electron chi connectivity index (χ1n) is 13.3. The Morgan fingerprint density at radius 1 is 0.946 bits per heavy atom. The predicted molar refractivity (Wildman–Crippen MR) is 148 cm³/mol. The van der Waals surface area contributed by atoms with Crippen LogP contribution in [0.3, 0.4) is 0 Å². The zero-order valence-corrected chi connectivity index (χ0v) is 21.2. The van der Waals surface area contributed by atoms with Crippen molar-refractivity contribution in [3.63, 3.8) is 0 Å². The normalized spacial score (nSPS) is 14.5. The van der Waals surface area contributed by atoms with Crippen molar-refractivity contribution in [2.24, 2.45) is 0 Å². The van der Waals surface area contributed by atoms with Crippen molar-refractivity contribution >= 4 is 22.3 Å². The number of nitrogens with zero attached hydrogens (tertiary/aromatic N) is 2. The van der Waals surface area contributed by atoms with Crippen LogP contribution in [0.5, 0.6) is 11.5 Å². The van der Waals surface area contributed by atoms with Gasteiger partial charge >= 0.3 is 0 Å². The molecule has 0 unspecified atom stereocenters. The van der Waals surface area contributed by atoms with Crippen LogP contribution in [0.4, 0.5) is 0 Å². The zero-order valence-electron chi connectivity index (χ0n) is 21.2. The molecule has 0 bridgehead atoms. The molecule has 0 amide bonds. The summed E-state index contributed by atoms with van der Waals surface area (Å²) in [4.78, 5) is 16.3. The number of piperidine rings is 1. The quantitative estimate of drug-likeness (QED) is 0.249. The maximum Gasteiger partial charge on any atom is 0.195 e. The second kappa shape index (κ2) is 9.91. The Labute approximate surface area is 217 Å². The van der Waals surface area contributed by atoms with Crippen molar-refractivity contribution in [3.05, 3.63) is 89.5 Å². The summed E-state index contributed by atoms with van der Waals surface area (Å²) >= 11 is 0. The third-order valence-corrected chi connectivity index (χ3v) is 7.63. The Hall–Kier alpha value is -3.83. The van der Waals surface area contributed by atoms with Gasteiger partial charge in [0.2, 0.25) is 0 Å². The summed E-state index contributed by atoms with van der Waals surface area (Å²) in [7, 11) is 0. The summed E-state index contributed by atoms with van der Waals surface area (Å²) in [5, 5.41) is 9.85. The number of ketones is 1. The van der Waals surface area contributed by atoms with Gasteiger partial charge in [-0.3, -0.25) is 9.69 Å². The smallest absolute Gasteiger partial charge is 0.195 e. The van der Waals surface area contributed by atoms with Crippen LogP contribution in [-0.4, -0.2) is 46.4 Å². The van der Waals surface area contributed by atoms with E-state index in [4.69, 9.17) is 4.74 Å². The summed E-state index contributed by atoms with van der Waals surface area (Å²) in [5.41, 5.74) is 7.66. The number of pyridine rings is 1. The van der Waals surface area contributed by atoms with Gasteiger partial charge in [-0.25, -0.2) is 0 Å². The first-order valence-corrected chi connectivity index (χ1v) is 13.3. The molecule has 5 heteroatoms. The number of aromatic nitrogens is 1. The molecule has 3 aromatic heterocycles. The minimum absolute atomic E-state index is 0.00171. The van der Waals surface area contributed by atoms with Gasteiger partial charge < -0.3 is 14.2 Å². The van der Waals surface area contributed by atoms with Crippen LogP contribution in [0.1, 0.15) is 47.7 Å². The minimum Gasteiger partial charge on any atom is -0.508 e. The van der Waals surface area contributed by atoms with Crippen LogP contribution in [0, 0.1) is 0 Å². The molecule has 188 valence electrons. The maximum atomic E-state index is 13.9. The highest BCUT2D eigenvalue weighted by Gasteiger charge is 2.25. The number of hydrogen-bond donors (Lipinski definition) is 1. The summed E-state index contributed by atoms with van der Waals surface area (Å²) in [6.45, 7) is 6.06. The lowest BCUT2D eigenvalue weighted by Gasteiger charge is -2.26. The van der Waals surface area contributed by atoms with Gasteiger partial charge in [0.05, 0.1) is 11.0 Å². The molecular weight excluding hydrogens is 460 g/mol. The van der Waals surface area contributed by atoms with Gasteiger partial charge in [-0.2, -0.15) is 0 Å². The molecule has 0 spiro atoms. The molecule has 1 aliphatic rings. The zero-order chi connectivity index (χ0) is 25.4. The summed E-state index contributed by atoms with van der Waals surface area (Å²) < 4.78 is 8.18. The molecule has 6 rings (SSSR count). The van der Waals surface area contributed by atoms with Gasteiger partial charge in [-0.1, -0.05) is 31.5 Å². The van der Waals surface area contributed by atoms with Crippen molar-refractivity contribution in [2.45, 2.75) is 32.6 Å². The number of carbonyl (C=O) groups is 1. The summed E-state index contributed by atoms with van der Waals surface area (Å²) in [5.74, 6) is 1.02. The number of phenols is 1. The number of rotatable bonds is 8. The molecule has 2 aromatic carbocycles. The molecule has 1 saturated heterocycles. The van der Waals surface area contributed by atoms with E-state index in [-0.39, 0.29) is 11.5 Å². The third kappa shape index (κ3) is 4.34. The number of likely N-dealkylation sites (tertiary alicyclic amines) is 1. The Bertz CT molecular complexity index is 1530. The van der Waals surface area contributed by atoms with Gasteiger partial charge in [0, 0.05) is 28.8 Å². The minimum atomic E-state index is -0.00171. The standard InChI is InChI=1S/C32H32N2O3/c1-2-27-29-8-6-7-24-21-28(31(34(24)29)30(27)22-9-13-25(35)14-10-22)32(36)23-11-15-26(16-12-23)37-20-19-33-17-4-3-5-18-33/h6-16,21,35H,2-5,17-20H2,1H3. The average molecular weight is 493 g/mol. The molecule has 0 radical (unpaired) electrons. The van der Waals surface area contributed by atoms with E-state index >= 15 is 0 Å². The topological polar surface area (TPSA) is 54.2 Å². The van der Waals surface area contributed by atoms with E-state index in [1.165, 1.54) is 24.8 Å². The van der Waals surface area contributed by atoms with Crippen LogP contribution >= 0.6 is 0 Å². The van der Waals surface area contributed by atoms with E-state index in [2.05, 4.69) is 28.4 Å². The SMILES string of the molecule is CCc1c(-c2ccc(O)cc2)c2c(C(=O)c3ccc(OCCN4CCCCC4)cc3)cc3cccc1n32. The van der Waals surface area contributed by atoms with Crippen molar-refractivity contribution in [1.82, 2.24) is 9.30 Å². The molecule has 1 N–H and O–H groups in total. The number of hydrogen-bond acceptors (Lipinski definition) is 4. The van der Waals surface area contributed by atoms with Crippen LogP contribution in [0.15, 0.2) is 72.8 Å². The average Bonchev–Trinajstić information content (AvgIpc) is 3.49. The summed E-state index contributed by atoms with van der Waals surface area (Å²) in [6.07, 6.45) is 4.73. The number of phenolic OH excluding ortho intramolecular Hbond substituents is 1. The van der Waals surface area contributed by atoms with Gasteiger partial charge in [-0.05, 0) is 98.1 Å². The molecule has 4 heterocycles. The first kappa shape index (κ1) is 23.6. The lowest BCUT2D eigenvalue weighted by molar-refractivity contribution is 0.104. The molecule has 37 heavy (non-hydrogen) atoms. The molecule has 1 aliphatic heterocycles. The number of aryl methyl sites for hydroxylation is 1. The highest BCUT2D eigenvalue weighted by atomic mass is 16.5. The monoisotopic (exact) mass is 492 g/mol. The Balaban J connectivity index is 1.32. The lowest BCUT2D eigenvalue weighted by Crippen LogP contribution is -2.33. The van der Waals surface area contributed by atoms with Gasteiger partial charge in [0.1, 0.15) is 18.1 Å².